The summed E-state index contributed by atoms with van der Waals surface area (Å²) in [5.74, 6) is 0.450. The highest BCUT2D eigenvalue weighted by atomic mass is 32.2. The molecule has 0 spiro atoms. The van der Waals surface area contributed by atoms with Crippen molar-refractivity contribution >= 4 is 42.6 Å². The van der Waals surface area contributed by atoms with Gasteiger partial charge in [0, 0.05) is 25.2 Å². The zero-order valence-electron chi connectivity index (χ0n) is 21.2. The molecule has 3 aromatic rings. The van der Waals surface area contributed by atoms with Crippen molar-refractivity contribution in [1.29, 1.82) is 0 Å². The predicted molar refractivity (Wildman–Crippen MR) is 142 cm³/mol. The molecule has 2 aromatic carbocycles. The van der Waals surface area contributed by atoms with Gasteiger partial charge in [0.05, 0.1) is 16.7 Å². The second-order valence-electron chi connectivity index (χ2n) is 8.49. The quantitative estimate of drug-likeness (QED) is 0.378. The van der Waals surface area contributed by atoms with Crippen LogP contribution in [-0.4, -0.2) is 75.9 Å². The molecule has 0 saturated carbocycles. The average molecular weight is 519 g/mol. The van der Waals surface area contributed by atoms with Crippen LogP contribution in [0.25, 0.3) is 10.2 Å². The third-order valence-electron chi connectivity index (χ3n) is 5.82. The number of hydrogen-bond donors (Lipinski definition) is 0. The maximum atomic E-state index is 13.6. The van der Waals surface area contributed by atoms with Gasteiger partial charge in [-0.15, -0.1) is 0 Å². The summed E-state index contributed by atoms with van der Waals surface area (Å²) in [4.78, 5) is 22.3. The number of thiazole rings is 1. The maximum Gasteiger partial charge on any atom is 0.260 e. The van der Waals surface area contributed by atoms with E-state index in [1.165, 1.54) is 27.8 Å². The molecular formula is C25H34N4O4S2. The van der Waals surface area contributed by atoms with Crippen molar-refractivity contribution in [1.82, 2.24) is 14.2 Å². The van der Waals surface area contributed by atoms with Crippen molar-refractivity contribution in [3.8, 4) is 5.75 Å². The van der Waals surface area contributed by atoms with Crippen LogP contribution in [0.15, 0.2) is 41.3 Å². The van der Waals surface area contributed by atoms with Crippen LogP contribution in [0.2, 0.25) is 0 Å². The van der Waals surface area contributed by atoms with Crippen molar-refractivity contribution in [3.63, 3.8) is 0 Å². The molecule has 8 nitrogen and oxygen atoms in total. The van der Waals surface area contributed by atoms with Crippen molar-refractivity contribution in [3.05, 3.63) is 47.5 Å². The molecule has 0 fully saturated rings. The van der Waals surface area contributed by atoms with E-state index in [0.717, 1.165) is 28.7 Å². The number of methoxy groups -OCH3 is 1. The Kier molecular flexibility index (Phi) is 8.87. The van der Waals surface area contributed by atoms with Gasteiger partial charge in [-0.25, -0.2) is 13.4 Å². The largest absolute Gasteiger partial charge is 0.494 e. The Morgan fingerprint density at radius 1 is 1.03 bits per heavy atom. The number of rotatable bonds is 11. The van der Waals surface area contributed by atoms with Gasteiger partial charge in [0.25, 0.3) is 5.91 Å². The van der Waals surface area contributed by atoms with E-state index in [0.29, 0.717) is 36.1 Å². The van der Waals surface area contributed by atoms with Gasteiger partial charge in [0.2, 0.25) is 10.0 Å². The Morgan fingerprint density at radius 3 is 2.26 bits per heavy atom. The van der Waals surface area contributed by atoms with Crippen molar-refractivity contribution in [2.24, 2.45) is 0 Å². The Balaban J connectivity index is 1.98. The molecule has 0 aliphatic rings. The Bertz CT molecular complexity index is 1270. The molecule has 1 amide bonds. The molecule has 1 heterocycles. The zero-order chi connectivity index (χ0) is 25.8. The number of benzene rings is 2. The first-order valence-electron chi connectivity index (χ1n) is 11.6. The van der Waals surface area contributed by atoms with E-state index in [4.69, 9.17) is 9.72 Å². The SMILES string of the molecule is CCN(CC)S(=O)(=O)c1ccc(C(=O)N(CCCN(C)C)c2nc3c(OC)ccc(C)c3s2)cc1. The highest BCUT2D eigenvalue weighted by Crippen LogP contribution is 2.37. The van der Waals surface area contributed by atoms with Crippen molar-refractivity contribution in [2.75, 3.05) is 52.3 Å². The van der Waals surface area contributed by atoms with Gasteiger partial charge in [0.15, 0.2) is 5.13 Å². The second-order valence-corrected chi connectivity index (χ2v) is 11.4. The first-order chi connectivity index (χ1) is 16.6. The van der Waals surface area contributed by atoms with Gasteiger partial charge in [-0.3, -0.25) is 9.69 Å². The smallest absolute Gasteiger partial charge is 0.260 e. The first kappa shape index (κ1) is 27.1. The molecule has 0 radical (unpaired) electrons. The Hall–Kier alpha value is -2.53. The van der Waals surface area contributed by atoms with Gasteiger partial charge < -0.3 is 9.64 Å². The first-order valence-corrected chi connectivity index (χ1v) is 13.9. The van der Waals surface area contributed by atoms with E-state index in [9.17, 15) is 13.2 Å². The standard InChI is InChI=1S/C25H34N4O4S2/c1-7-28(8-2)35(31,32)20-13-11-19(12-14-20)24(30)29(17-9-16-27(4)5)25-26-22-21(33-6)15-10-18(3)23(22)34-25/h10-15H,7-9,16-17H2,1-6H3. The zero-order valence-corrected chi connectivity index (χ0v) is 22.9. The molecule has 0 saturated heterocycles. The van der Waals surface area contributed by atoms with Gasteiger partial charge in [0.1, 0.15) is 11.3 Å². The van der Waals surface area contributed by atoms with Crippen LogP contribution in [-0.2, 0) is 10.0 Å². The fraction of sp³-hybridized carbons (Fsp3) is 0.440. The molecule has 3 rings (SSSR count). The summed E-state index contributed by atoms with van der Waals surface area (Å²) in [6.07, 6.45) is 0.763. The predicted octanol–water partition coefficient (Wildman–Crippen LogP) is 4.24. The molecular weight excluding hydrogens is 484 g/mol. The van der Waals surface area contributed by atoms with Crippen LogP contribution in [0.4, 0.5) is 5.13 Å². The summed E-state index contributed by atoms with van der Waals surface area (Å²) in [5.41, 5.74) is 2.21. The van der Waals surface area contributed by atoms with E-state index in [2.05, 4.69) is 4.90 Å². The fourth-order valence-corrected chi connectivity index (χ4v) is 6.38. The number of sulfonamides is 1. The molecule has 35 heavy (non-hydrogen) atoms. The number of carbonyl (C=O) groups excluding carboxylic acids is 1. The van der Waals surface area contributed by atoms with Crippen LogP contribution < -0.4 is 9.64 Å². The number of anilines is 1. The van der Waals surface area contributed by atoms with Crippen LogP contribution >= 0.6 is 11.3 Å². The van der Waals surface area contributed by atoms with E-state index in [1.807, 2.05) is 33.2 Å². The van der Waals surface area contributed by atoms with E-state index >= 15 is 0 Å². The minimum atomic E-state index is -3.59. The molecule has 0 bridgehead atoms. The number of aryl methyl sites for hydroxylation is 1. The maximum absolute atomic E-state index is 13.6. The highest BCUT2D eigenvalue weighted by molar-refractivity contribution is 7.89. The molecule has 190 valence electrons. The summed E-state index contributed by atoms with van der Waals surface area (Å²) in [6, 6.07) is 10.0. The minimum Gasteiger partial charge on any atom is -0.494 e. The lowest BCUT2D eigenvalue weighted by Gasteiger charge is -2.22. The third kappa shape index (κ3) is 5.83. The van der Waals surface area contributed by atoms with Gasteiger partial charge in [-0.2, -0.15) is 4.31 Å². The molecule has 0 atom stereocenters. The number of amides is 1. The van der Waals surface area contributed by atoms with E-state index < -0.39 is 10.0 Å². The van der Waals surface area contributed by atoms with E-state index in [1.54, 1.807) is 38.0 Å². The summed E-state index contributed by atoms with van der Waals surface area (Å²) < 4.78 is 33.5. The number of ether oxygens (including phenoxy) is 1. The highest BCUT2D eigenvalue weighted by Gasteiger charge is 2.25. The van der Waals surface area contributed by atoms with Gasteiger partial charge in [-0.1, -0.05) is 31.3 Å². The lowest BCUT2D eigenvalue weighted by atomic mass is 10.2. The molecule has 10 heteroatoms. The minimum absolute atomic E-state index is 0.178. The average Bonchev–Trinajstić information content (AvgIpc) is 3.28. The summed E-state index contributed by atoms with van der Waals surface area (Å²) >= 11 is 1.46. The Morgan fingerprint density at radius 2 is 1.69 bits per heavy atom. The summed E-state index contributed by atoms with van der Waals surface area (Å²) in [5, 5.41) is 0.594. The number of nitrogens with zero attached hydrogens (tertiary/aromatic N) is 4. The summed E-state index contributed by atoms with van der Waals surface area (Å²) in [7, 11) is 2.00. The molecule has 0 aliphatic heterocycles. The van der Waals surface area contributed by atoms with Crippen molar-refractivity contribution < 1.29 is 17.9 Å². The molecule has 0 unspecified atom stereocenters. The van der Waals surface area contributed by atoms with Gasteiger partial charge >= 0.3 is 0 Å². The Labute approximate surface area is 212 Å². The fourth-order valence-electron chi connectivity index (χ4n) is 3.85. The lowest BCUT2D eigenvalue weighted by Crippen LogP contribution is -2.33. The number of fused-ring (bicyclic) bond motifs is 1. The van der Waals surface area contributed by atoms with Crippen LogP contribution in [0, 0.1) is 6.92 Å². The van der Waals surface area contributed by atoms with Crippen LogP contribution in [0.5, 0.6) is 5.75 Å². The number of hydrogen-bond acceptors (Lipinski definition) is 7. The monoisotopic (exact) mass is 518 g/mol. The third-order valence-corrected chi connectivity index (χ3v) is 9.10. The normalized spacial score (nSPS) is 12.0. The summed E-state index contributed by atoms with van der Waals surface area (Å²) in [6.45, 7) is 7.70. The molecule has 1 aromatic heterocycles. The number of aromatic nitrogens is 1. The topological polar surface area (TPSA) is 83.1 Å². The molecule has 0 N–H and O–H groups in total. The molecule has 0 aliphatic carbocycles. The van der Waals surface area contributed by atoms with Crippen LogP contribution in [0.1, 0.15) is 36.2 Å². The lowest BCUT2D eigenvalue weighted by molar-refractivity contribution is 0.0986. The number of carbonyl (C=O) groups is 1. The second kappa shape index (κ2) is 11.5. The van der Waals surface area contributed by atoms with Crippen LogP contribution in [0.3, 0.4) is 0 Å². The van der Waals surface area contributed by atoms with Crippen molar-refractivity contribution in [2.45, 2.75) is 32.1 Å². The van der Waals surface area contributed by atoms with Gasteiger partial charge in [-0.05, 0) is 69.9 Å². The van der Waals surface area contributed by atoms with E-state index in [-0.39, 0.29) is 10.8 Å².